The number of nitrogens with one attached hydrogen (secondary N) is 10. The Morgan fingerprint density at radius 2 is 1.12 bits per heavy atom. The van der Waals surface area contributed by atoms with E-state index in [0.717, 1.165) is 71.5 Å². The minimum Gasteiger partial charge on any atom is -0.479 e. The molecule has 1 saturated heterocycles. The number of esters is 2. The average Bonchev–Trinajstić information content (AvgIpc) is 1.08. The highest BCUT2D eigenvalue weighted by molar-refractivity contribution is 6.18. The summed E-state index contributed by atoms with van der Waals surface area (Å²) >= 11 is 5.94. The summed E-state index contributed by atoms with van der Waals surface area (Å²) in [7, 11) is 1.04. The van der Waals surface area contributed by atoms with Crippen LogP contribution in [0, 0.1) is 0 Å². The first kappa shape index (κ1) is 83.8. The van der Waals surface area contributed by atoms with Crippen LogP contribution in [0.4, 0.5) is 0 Å². The van der Waals surface area contributed by atoms with Crippen LogP contribution in [0.15, 0.2) is 11.8 Å². The largest absolute Gasteiger partial charge is 0.479 e. The van der Waals surface area contributed by atoms with Crippen molar-refractivity contribution >= 4 is 88.6 Å². The first-order valence-electron chi connectivity index (χ1n) is 31.4. The molecule has 1 aliphatic heterocycles. The van der Waals surface area contributed by atoms with E-state index in [9.17, 15) is 87.9 Å². The molecule has 1 fully saturated rings. The molecule has 13 atom stereocenters. The molecule has 0 aromatic heterocycles. The number of hydrogen-bond acceptors (Lipinski definition) is 23. The molecule has 0 spiro atoms. The van der Waals surface area contributed by atoms with Crippen molar-refractivity contribution in [2.75, 3.05) is 45.8 Å². The summed E-state index contributed by atoms with van der Waals surface area (Å²) in [6.45, 7) is 2.71. The number of carboxylic acids is 1. The molecule has 0 aromatic rings. The van der Waals surface area contributed by atoms with Crippen LogP contribution in [-0.4, -0.2) is 227 Å². The maximum Gasteiger partial charge on any atom is 0.335 e. The van der Waals surface area contributed by atoms with Crippen molar-refractivity contribution < 1.29 is 97.3 Å². The topological polar surface area (TPSA) is 566 Å². The number of carboxylic acid groups (broad SMARTS) is 1. The molecule has 10 amide bonds. The summed E-state index contributed by atoms with van der Waals surface area (Å²) in [6, 6.07) is -17.5. The molecule has 1 rings (SSSR count). The fraction of sp³-hybridized carbons (Fsp3) is 0.741. The second-order valence-corrected chi connectivity index (χ2v) is 22.7. The van der Waals surface area contributed by atoms with Gasteiger partial charge in [-0.05, 0) is 97.8 Å². The minimum absolute atomic E-state index is 0.00799. The summed E-state index contributed by atoms with van der Waals surface area (Å²) < 4.78 is 10.3. The van der Waals surface area contributed by atoms with E-state index < -0.39 is 206 Å². The Morgan fingerprint density at radius 1 is 0.613 bits per heavy atom. The second kappa shape index (κ2) is 46.8. The highest BCUT2D eigenvalue weighted by Gasteiger charge is 2.41. The molecule has 35 heteroatoms. The molecule has 0 bridgehead atoms. The zero-order valence-electron chi connectivity index (χ0n) is 53.5. The van der Waals surface area contributed by atoms with Crippen LogP contribution in [0.3, 0.4) is 0 Å². The van der Waals surface area contributed by atoms with Crippen LogP contribution >= 0.6 is 11.6 Å². The number of ether oxygens (including phenoxy) is 2. The van der Waals surface area contributed by atoms with Crippen LogP contribution in [0.1, 0.15) is 149 Å². The molecule has 6 unspecified atom stereocenters. The lowest BCUT2D eigenvalue weighted by molar-refractivity contribution is -0.153. The molecule has 34 nitrogen and oxygen atoms in total. The molecule has 1 heterocycles. The smallest absolute Gasteiger partial charge is 0.335 e. The van der Waals surface area contributed by atoms with Gasteiger partial charge < -0.3 is 111 Å². The predicted octanol–water partition coefficient (Wildman–Crippen LogP) is -5.46. The monoisotopic (exact) mass is 1350 g/mol. The number of halogens is 1. The highest BCUT2D eigenvalue weighted by Crippen LogP contribution is 2.15. The number of nitrogens with two attached hydrogens (primary N) is 4. The third kappa shape index (κ3) is 32.0. The van der Waals surface area contributed by atoms with E-state index in [1.165, 1.54) is 6.92 Å². The highest BCUT2D eigenvalue weighted by atomic mass is 35.5. The van der Waals surface area contributed by atoms with E-state index >= 15 is 0 Å². The standard InChI is InChI=1S/C58H101ClN14O20/c1-5-7-8-9-10-11-12-13-14-19-33(75)28-42(77)65-40-31-93-58(91)45(41(76)30-59)72-48(80)34(6-2)66-54(86)44(32(3)74)71-51(83)37(23-27-63)69-55(87)46(47(79)56(88)89)73-50(82)35(20-15-17-24-60)67-52(84)39(70-49(81)36(22-26-62)68-53(40)85)29-43(78)64-38(57(90)92-4)21-16-18-25-61/h6,32-33,35-41,44-47,74-76,79H,5,7-31,60-63H2,1-4H3,(H,64,78)(H,65,77)(H,66,86)(H,67,84)(H,68,85)(H,69,87)(H,70,81)(H,71,83)(H,72,80)(H,73,82)(H,88,89)/b34-6+/t32-,33+,35?,36?,37-,38-,39-,40?,41+,44?,45?,46?,47-/m0/s1. The molecule has 530 valence electrons. The number of aliphatic hydroxyl groups excluding tert-OH is 4. The average molecular weight is 1350 g/mol. The van der Waals surface area contributed by atoms with Crippen LogP contribution in [0.25, 0.3) is 0 Å². The molecule has 0 aliphatic carbocycles. The third-order valence-electron chi connectivity index (χ3n) is 14.7. The van der Waals surface area contributed by atoms with Crippen molar-refractivity contribution in [2.45, 2.75) is 228 Å². The molecular formula is C58H101ClN14O20. The SMILES string of the molecule is C/C=C1/NC(=O)C([C@H](C)O)NC(=O)[C@H](CCN)NC(=O)C([C@H](O)C(=O)O)NC(=O)C(CCCCN)NC(=O)[C@H](CC(=O)N[C@@H](CCCCN)C(=O)OC)NC(=O)C(CCN)NC(=O)C(NC(=O)C[C@H](O)CCCCCCCCCCC)COC(=O)C([C@H](O)CCl)NC1=O. The number of hydrogen-bond donors (Lipinski definition) is 19. The van der Waals surface area contributed by atoms with Crippen molar-refractivity contribution in [2.24, 2.45) is 22.9 Å². The summed E-state index contributed by atoms with van der Waals surface area (Å²) in [4.78, 5) is 180. The van der Waals surface area contributed by atoms with Gasteiger partial charge in [0.25, 0.3) is 5.91 Å². The van der Waals surface area contributed by atoms with E-state index in [1.807, 2.05) is 5.32 Å². The molecule has 1 aliphatic rings. The summed E-state index contributed by atoms with van der Waals surface area (Å²) in [6.07, 6.45) is 0.0641. The molecule has 23 N–H and O–H groups in total. The van der Waals surface area contributed by atoms with Gasteiger partial charge in [0.1, 0.15) is 60.6 Å². The van der Waals surface area contributed by atoms with Crippen molar-refractivity contribution in [3.63, 3.8) is 0 Å². The number of cyclic esters (lactones) is 1. The maximum atomic E-state index is 14.6. The minimum atomic E-state index is -2.79. The fourth-order valence-electron chi connectivity index (χ4n) is 9.38. The van der Waals surface area contributed by atoms with Crippen molar-refractivity contribution in [1.29, 1.82) is 0 Å². The lowest BCUT2D eigenvalue weighted by atomic mass is 10.0. The number of rotatable bonds is 34. The van der Waals surface area contributed by atoms with Gasteiger partial charge in [0, 0.05) is 0 Å². The Bertz CT molecular complexity index is 2460. The Hall–Kier alpha value is -7.18. The maximum absolute atomic E-state index is 14.6. The van der Waals surface area contributed by atoms with Crippen LogP contribution in [0.5, 0.6) is 0 Å². The Kier molecular flexibility index (Phi) is 42.2. The van der Waals surface area contributed by atoms with E-state index in [1.54, 1.807) is 0 Å². The fourth-order valence-corrected chi connectivity index (χ4v) is 9.55. The third-order valence-corrected chi connectivity index (χ3v) is 15.1. The Labute approximate surface area is 545 Å². The summed E-state index contributed by atoms with van der Waals surface area (Å²) in [5, 5.41) is 75.9. The van der Waals surface area contributed by atoms with E-state index in [0.29, 0.717) is 19.3 Å². The normalized spacial score (nSPS) is 23.4. The number of aliphatic carboxylic acids is 1. The van der Waals surface area contributed by atoms with Gasteiger partial charge in [-0.2, -0.15) is 0 Å². The van der Waals surface area contributed by atoms with Crippen molar-refractivity contribution in [3.05, 3.63) is 11.8 Å². The molecule has 93 heavy (non-hydrogen) atoms. The lowest BCUT2D eigenvalue weighted by Gasteiger charge is -2.29. The van der Waals surface area contributed by atoms with Gasteiger partial charge >= 0.3 is 17.9 Å². The zero-order valence-corrected chi connectivity index (χ0v) is 54.3. The van der Waals surface area contributed by atoms with Gasteiger partial charge in [0.2, 0.25) is 53.2 Å². The number of aliphatic hydroxyl groups is 4. The Morgan fingerprint density at radius 3 is 1.66 bits per heavy atom. The number of allylic oxidation sites excluding steroid dienone is 1. The van der Waals surface area contributed by atoms with Crippen molar-refractivity contribution in [1.82, 2.24) is 53.2 Å². The number of carbonyl (C=O) groups excluding carboxylic acids is 12. The van der Waals surface area contributed by atoms with Gasteiger partial charge in [-0.25, -0.2) is 14.4 Å². The zero-order chi connectivity index (χ0) is 70.2. The number of carbonyl (C=O) groups is 13. The molecule has 0 radical (unpaired) electrons. The van der Waals surface area contributed by atoms with Gasteiger partial charge in [0.15, 0.2) is 12.1 Å². The molecular weight excluding hydrogens is 1250 g/mol. The van der Waals surface area contributed by atoms with Gasteiger partial charge in [-0.1, -0.05) is 70.8 Å². The molecule has 0 aromatic carbocycles. The van der Waals surface area contributed by atoms with E-state index in [4.69, 9.17) is 44.0 Å². The first-order chi connectivity index (χ1) is 44.2. The van der Waals surface area contributed by atoms with Gasteiger partial charge in [0.05, 0.1) is 44.1 Å². The first-order valence-corrected chi connectivity index (χ1v) is 32.0. The second-order valence-electron chi connectivity index (χ2n) is 22.4. The summed E-state index contributed by atoms with van der Waals surface area (Å²) in [5.41, 5.74) is 22.3. The van der Waals surface area contributed by atoms with E-state index in [-0.39, 0.29) is 51.7 Å². The number of methoxy groups -OCH3 is 1. The van der Waals surface area contributed by atoms with Crippen LogP contribution in [-0.2, 0) is 71.8 Å². The number of alkyl halides is 1. The van der Waals surface area contributed by atoms with E-state index in [2.05, 4.69) is 54.8 Å². The van der Waals surface area contributed by atoms with Crippen LogP contribution < -0.4 is 76.1 Å². The predicted molar refractivity (Wildman–Crippen MR) is 335 cm³/mol. The quantitative estimate of drug-likeness (QED) is 0.0124. The van der Waals surface area contributed by atoms with Crippen molar-refractivity contribution in [3.8, 4) is 0 Å². The Balaban J connectivity index is 4.23. The number of amides is 10. The number of unbranched alkanes of at least 4 members (excludes halogenated alkanes) is 10. The van der Waals surface area contributed by atoms with Crippen LogP contribution in [0.2, 0.25) is 0 Å². The van der Waals surface area contributed by atoms with Gasteiger partial charge in [-0.15, -0.1) is 11.6 Å². The van der Waals surface area contributed by atoms with Gasteiger partial charge in [-0.3, -0.25) is 47.9 Å². The summed E-state index contributed by atoms with van der Waals surface area (Å²) in [5.74, 6) is -18.0. The molecule has 0 saturated carbocycles. The lowest BCUT2D eigenvalue weighted by Crippen LogP contribution is -2.63.